The number of hydrogen-bond acceptors (Lipinski definition) is 7. The smallest absolute Gasteiger partial charge is 0.182 e. The number of aromatic nitrogens is 3. The Morgan fingerprint density at radius 1 is 0.686 bits per heavy atom. The van der Waals surface area contributed by atoms with Crippen LogP contribution in [0.2, 0.25) is 0 Å². The molecule has 3 aliphatic rings. The van der Waals surface area contributed by atoms with Crippen LogP contribution in [0.1, 0.15) is 69.4 Å². The molecule has 0 unspecified atom stereocenters. The van der Waals surface area contributed by atoms with E-state index in [9.17, 15) is 0 Å². The summed E-state index contributed by atoms with van der Waals surface area (Å²) in [5.41, 5.74) is 9.54. The summed E-state index contributed by atoms with van der Waals surface area (Å²) in [5, 5.41) is 7.37. The van der Waals surface area contributed by atoms with E-state index in [1.807, 2.05) is 97.5 Å². The maximum absolute atomic E-state index is 9.12. The van der Waals surface area contributed by atoms with E-state index in [1.165, 1.54) is 0 Å². The fourth-order valence-electron chi connectivity index (χ4n) is 8.44. The van der Waals surface area contributed by atoms with Gasteiger partial charge in [0.05, 0.1) is 5.48 Å². The SMILES string of the molecule is [2H]c1c([2H])c([2H])c2c(c1[2H])c1ccc(Oc3[c-]c(N4[CH-]N(c5c(/C6=C/C=C\N/C=C\C=C/[B]6)cccc5/C5=C/C=C\N/C=C\C=C/[B]5)c5ccccc54)cc(C(C)(C)C)n3)[c-]c1n2-c1cc(C(C)(C)C)ccn1.[Pt]. The predicted octanol–water partition coefficient (Wildman–Crippen LogP) is 13.3. The molecule has 0 aliphatic carbocycles. The van der Waals surface area contributed by atoms with Gasteiger partial charge in [-0.3, -0.25) is 4.98 Å². The Bertz CT molecular complexity index is 3510. The molecule has 3 aromatic heterocycles. The van der Waals surface area contributed by atoms with Crippen LogP contribution in [-0.2, 0) is 31.9 Å². The minimum absolute atomic E-state index is 0. The maximum atomic E-state index is 9.12. The van der Waals surface area contributed by atoms with Crippen molar-refractivity contribution in [1.82, 2.24) is 25.2 Å². The standard InChI is InChI=1S/C59H52B2N7O.Pt/c1-58(2,3)41-28-35-64-55(36-41)68-50-23-8-7-18-44(50)45-27-26-43(39-53(45)68)69-56-38-42(37-54(65-56)59(4,5)6)66-40-67(52-25-10-9-24-51(52)66)57-46(48-21-16-33-62-31-13-11-29-60-48)19-15-20-47(57)49-22-17-34-63-32-14-12-30-61-49;/h7-37,40,62-63H,1-6H3;/q-3;/b29-11-,30-12-,31-13-,32-14-,33-16-,34-17-,48-21-,49-22-;/i7D,8D,18D,23D;. The van der Waals surface area contributed by atoms with Gasteiger partial charge in [-0.15, -0.1) is 36.1 Å². The van der Waals surface area contributed by atoms with Crippen molar-refractivity contribution < 1.29 is 31.3 Å². The quantitative estimate of drug-likeness (QED) is 0.122. The molecule has 8 nitrogen and oxygen atoms in total. The van der Waals surface area contributed by atoms with E-state index in [0.717, 1.165) is 50.4 Å². The molecule has 348 valence electrons. The number of para-hydroxylation sites is 4. The molecule has 0 atom stereocenters. The van der Waals surface area contributed by atoms with Crippen LogP contribution in [0.3, 0.4) is 0 Å². The Hall–Kier alpha value is -7.28. The van der Waals surface area contributed by atoms with Crippen molar-refractivity contribution in [1.29, 1.82) is 0 Å². The van der Waals surface area contributed by atoms with Gasteiger partial charge in [-0.25, -0.2) is 4.98 Å². The molecule has 2 N–H and O–H groups in total. The fourth-order valence-corrected chi connectivity index (χ4v) is 8.44. The topological polar surface area (TPSA) is 70.5 Å². The second-order valence-electron chi connectivity index (χ2n) is 18.8. The minimum atomic E-state index is -0.409. The van der Waals surface area contributed by atoms with Crippen LogP contribution in [0.15, 0.2) is 189 Å². The largest absolute Gasteiger partial charge is 0.503 e. The number of ether oxygens (including phenoxy) is 1. The fraction of sp³-hybridized carbons (Fsp3) is 0.136. The molecule has 11 heteroatoms. The van der Waals surface area contributed by atoms with Crippen LogP contribution in [-0.4, -0.2) is 29.1 Å². The van der Waals surface area contributed by atoms with Crippen molar-refractivity contribution in [3.05, 3.63) is 230 Å². The number of benzene rings is 4. The molecule has 0 spiro atoms. The van der Waals surface area contributed by atoms with Gasteiger partial charge in [0.2, 0.25) is 0 Å². The first-order chi connectivity index (χ1) is 35.2. The van der Waals surface area contributed by atoms with Gasteiger partial charge in [0.1, 0.15) is 11.7 Å². The molecule has 4 aromatic carbocycles. The van der Waals surface area contributed by atoms with Crippen LogP contribution < -0.4 is 25.2 Å². The average Bonchev–Trinajstić information content (AvgIpc) is 3.94. The molecule has 0 saturated heterocycles. The number of nitrogens with one attached hydrogen (secondary N) is 2. The van der Waals surface area contributed by atoms with Gasteiger partial charge < -0.3 is 29.7 Å². The third kappa shape index (κ3) is 9.92. The summed E-state index contributed by atoms with van der Waals surface area (Å²) in [4.78, 5) is 14.2. The van der Waals surface area contributed by atoms with Gasteiger partial charge in [0.25, 0.3) is 0 Å². The van der Waals surface area contributed by atoms with Gasteiger partial charge in [0, 0.05) is 80.4 Å². The molecule has 7 aromatic rings. The van der Waals surface area contributed by atoms with E-state index in [0.29, 0.717) is 39.1 Å². The van der Waals surface area contributed by atoms with Crippen LogP contribution >= 0.6 is 0 Å². The molecular weight excluding hydrogens is 1040 g/mol. The van der Waals surface area contributed by atoms with E-state index in [4.69, 9.17) is 20.2 Å². The third-order valence-corrected chi connectivity index (χ3v) is 11.9. The van der Waals surface area contributed by atoms with Crippen LogP contribution in [0.4, 0.5) is 22.7 Å². The summed E-state index contributed by atoms with van der Waals surface area (Å²) in [7, 11) is 4.26. The Morgan fingerprint density at radius 2 is 1.34 bits per heavy atom. The van der Waals surface area contributed by atoms with Crippen molar-refractivity contribution >= 4 is 70.1 Å². The molecule has 2 radical (unpaired) electrons. The first kappa shape index (κ1) is 42.8. The van der Waals surface area contributed by atoms with E-state index < -0.39 is 5.41 Å². The second-order valence-corrected chi connectivity index (χ2v) is 18.8. The van der Waals surface area contributed by atoms with Gasteiger partial charge in [-0.05, 0) is 93.2 Å². The summed E-state index contributed by atoms with van der Waals surface area (Å²) in [6.07, 6.45) is 25.5. The molecule has 0 bridgehead atoms. The van der Waals surface area contributed by atoms with E-state index >= 15 is 0 Å². The Labute approximate surface area is 433 Å². The monoisotopic (exact) mass is 1100 g/mol. The molecule has 6 heterocycles. The molecule has 0 saturated carbocycles. The number of anilines is 4. The maximum Gasteiger partial charge on any atom is 0.182 e. The molecular formula is C59H52B2N7OPt-3. The summed E-state index contributed by atoms with van der Waals surface area (Å²) in [5.74, 6) is 5.12. The number of nitrogens with zero attached hydrogens (tertiary/aromatic N) is 5. The first-order valence-electron chi connectivity index (χ1n) is 25.0. The molecule has 70 heavy (non-hydrogen) atoms. The Balaban J connectivity index is 0.00000672. The van der Waals surface area contributed by atoms with Crippen molar-refractivity contribution in [2.24, 2.45) is 0 Å². The van der Waals surface area contributed by atoms with Crippen LogP contribution in [0, 0.1) is 18.8 Å². The zero-order valence-electron chi connectivity index (χ0n) is 43.8. The minimum Gasteiger partial charge on any atom is -0.503 e. The van der Waals surface area contributed by atoms with Gasteiger partial charge in [-0.1, -0.05) is 131 Å². The number of pyridine rings is 2. The Morgan fingerprint density at radius 3 is 2.01 bits per heavy atom. The van der Waals surface area contributed by atoms with Crippen molar-refractivity contribution in [3.63, 3.8) is 0 Å². The first-order valence-corrected chi connectivity index (χ1v) is 23.0. The number of hydrogen-bond donors (Lipinski definition) is 2. The number of rotatable bonds is 7. The normalized spacial score (nSPS) is 19.8. The Kier molecular flexibility index (Phi) is 12.4. The van der Waals surface area contributed by atoms with E-state index in [-0.39, 0.29) is 56.5 Å². The summed E-state index contributed by atoms with van der Waals surface area (Å²) < 4.78 is 43.9. The van der Waals surface area contributed by atoms with Crippen molar-refractivity contribution in [3.8, 4) is 17.4 Å². The molecule has 3 aliphatic heterocycles. The van der Waals surface area contributed by atoms with Gasteiger partial charge in [-0.2, -0.15) is 23.9 Å². The van der Waals surface area contributed by atoms with E-state index in [1.54, 1.807) is 16.8 Å². The zero-order valence-corrected chi connectivity index (χ0v) is 42.1. The van der Waals surface area contributed by atoms with Gasteiger partial charge in [0.15, 0.2) is 14.6 Å². The third-order valence-electron chi connectivity index (χ3n) is 11.9. The second kappa shape index (κ2) is 20.4. The zero-order chi connectivity index (χ0) is 51.0. The summed E-state index contributed by atoms with van der Waals surface area (Å²) >= 11 is 0. The van der Waals surface area contributed by atoms with Crippen LogP contribution in [0.5, 0.6) is 11.6 Å². The molecule has 0 fully saturated rings. The predicted molar refractivity (Wildman–Crippen MR) is 288 cm³/mol. The average molecular weight is 1100 g/mol. The van der Waals surface area contributed by atoms with Crippen molar-refractivity contribution in [2.45, 2.75) is 52.4 Å². The summed E-state index contributed by atoms with van der Waals surface area (Å²) in [6.45, 7) is 14.8. The van der Waals surface area contributed by atoms with Crippen molar-refractivity contribution in [2.75, 3.05) is 9.80 Å². The summed E-state index contributed by atoms with van der Waals surface area (Å²) in [6, 6.07) is 30.3. The van der Waals surface area contributed by atoms with Gasteiger partial charge >= 0.3 is 0 Å². The van der Waals surface area contributed by atoms with E-state index in [2.05, 4.69) is 150 Å². The number of allylic oxidation sites excluding steroid dienone is 8. The molecule has 0 amide bonds. The number of fused-ring (bicyclic) bond motifs is 4. The molecule has 10 rings (SSSR count). The van der Waals surface area contributed by atoms with Crippen LogP contribution in [0.25, 0.3) is 38.6 Å².